The molecule has 1 aromatic heterocycles. The Labute approximate surface area is 239 Å². The van der Waals surface area contributed by atoms with Gasteiger partial charge in [-0.1, -0.05) is 29.8 Å². The van der Waals surface area contributed by atoms with Gasteiger partial charge >= 0.3 is 5.76 Å². The molecule has 1 atom stereocenters. The lowest BCUT2D eigenvalue weighted by atomic mass is 10.0. The molecule has 3 aromatic carbocycles. The SMILES string of the molecule is COc1cc(S(=O)(=O)N2C[C@H](CCc3n[nH]c(=O)o3)Oc3ccc(/C=C(\C)c4c(F)cccc4Cl)cc32)ccc1F. The van der Waals surface area contributed by atoms with Crippen molar-refractivity contribution in [3.8, 4) is 11.5 Å². The van der Waals surface area contributed by atoms with Gasteiger partial charge in [-0.15, -0.1) is 5.10 Å². The van der Waals surface area contributed by atoms with Crippen molar-refractivity contribution in [2.24, 2.45) is 0 Å². The van der Waals surface area contributed by atoms with Gasteiger partial charge < -0.3 is 13.9 Å². The molecule has 0 spiro atoms. The molecule has 0 saturated heterocycles. The second-order valence-corrected chi connectivity index (χ2v) is 11.5. The number of sulfonamides is 1. The average molecular weight is 604 g/mol. The highest BCUT2D eigenvalue weighted by Crippen LogP contribution is 2.40. The summed E-state index contributed by atoms with van der Waals surface area (Å²) in [5.41, 5.74) is 1.56. The summed E-state index contributed by atoms with van der Waals surface area (Å²) in [6, 6.07) is 12.6. The predicted molar refractivity (Wildman–Crippen MR) is 149 cm³/mol. The lowest BCUT2D eigenvalue weighted by molar-refractivity contribution is 0.186. The van der Waals surface area contributed by atoms with Crippen LogP contribution < -0.4 is 19.5 Å². The Morgan fingerprint density at radius 1 is 1.20 bits per heavy atom. The van der Waals surface area contributed by atoms with Crippen molar-refractivity contribution >= 4 is 39.0 Å². The highest BCUT2D eigenvalue weighted by Gasteiger charge is 2.35. The van der Waals surface area contributed by atoms with Gasteiger partial charge in [-0.25, -0.2) is 27.1 Å². The summed E-state index contributed by atoms with van der Waals surface area (Å²) < 4.78 is 73.7. The third-order valence-corrected chi connectivity index (χ3v) is 8.62. The van der Waals surface area contributed by atoms with Crippen molar-refractivity contribution in [2.45, 2.75) is 30.8 Å². The first-order valence-corrected chi connectivity index (χ1v) is 14.2. The minimum atomic E-state index is -4.24. The van der Waals surface area contributed by atoms with Crippen LogP contribution in [0.1, 0.15) is 30.4 Å². The van der Waals surface area contributed by atoms with Gasteiger partial charge in [0.25, 0.3) is 10.0 Å². The van der Waals surface area contributed by atoms with Gasteiger partial charge in [0.05, 0.1) is 29.3 Å². The molecule has 1 aliphatic rings. The number of hydrogen-bond donors (Lipinski definition) is 1. The standard InChI is InChI=1S/C28H24ClF2N3O6S/c1-16(27-20(29)4-3-5-22(27)31)12-17-6-10-24-23(13-17)34(15-18(39-24)7-11-26-32-33-28(35)40-26)41(36,37)19-8-9-21(30)25(14-19)38-2/h3-6,8-10,12-14,18H,7,11,15H2,1-2H3,(H,33,35)/b16-12+/t18-/m0/s1. The zero-order valence-electron chi connectivity index (χ0n) is 21.9. The fourth-order valence-corrected chi connectivity index (χ4v) is 6.40. The summed E-state index contributed by atoms with van der Waals surface area (Å²) in [5, 5.41) is 6.20. The average Bonchev–Trinajstić information content (AvgIpc) is 3.36. The van der Waals surface area contributed by atoms with Crippen molar-refractivity contribution in [2.75, 3.05) is 18.0 Å². The second-order valence-electron chi connectivity index (χ2n) is 9.27. The molecule has 13 heteroatoms. The molecule has 2 heterocycles. The van der Waals surface area contributed by atoms with Gasteiger partial charge in [0.2, 0.25) is 5.89 Å². The van der Waals surface area contributed by atoms with Crippen molar-refractivity contribution in [3.63, 3.8) is 0 Å². The van der Waals surface area contributed by atoms with Crippen LogP contribution in [0.5, 0.6) is 11.5 Å². The molecule has 1 aliphatic heterocycles. The third-order valence-electron chi connectivity index (χ3n) is 6.53. The summed E-state index contributed by atoms with van der Waals surface area (Å²) in [5.74, 6) is -1.68. The number of anilines is 1. The molecule has 41 heavy (non-hydrogen) atoms. The number of fused-ring (bicyclic) bond motifs is 1. The summed E-state index contributed by atoms with van der Waals surface area (Å²) in [6.07, 6.45) is 1.53. The van der Waals surface area contributed by atoms with E-state index in [1.165, 1.54) is 23.5 Å². The molecule has 0 aliphatic carbocycles. The first-order chi connectivity index (χ1) is 19.6. The van der Waals surface area contributed by atoms with Crippen molar-refractivity contribution < 1.29 is 31.1 Å². The Morgan fingerprint density at radius 3 is 2.71 bits per heavy atom. The number of allylic oxidation sites excluding steroid dienone is 1. The number of aromatic amines is 1. The molecule has 0 fully saturated rings. The quantitative estimate of drug-likeness (QED) is 0.266. The summed E-state index contributed by atoms with van der Waals surface area (Å²) in [7, 11) is -3.00. The maximum absolute atomic E-state index is 14.5. The molecular weight excluding hydrogens is 580 g/mol. The largest absolute Gasteiger partial charge is 0.494 e. The second kappa shape index (κ2) is 11.4. The molecule has 4 aromatic rings. The zero-order valence-corrected chi connectivity index (χ0v) is 23.4. The molecule has 1 N–H and O–H groups in total. The Morgan fingerprint density at radius 2 is 2.00 bits per heavy atom. The maximum Gasteiger partial charge on any atom is 0.434 e. The first kappa shape index (κ1) is 28.4. The van der Waals surface area contributed by atoms with Crippen LogP contribution in [0.2, 0.25) is 5.02 Å². The van der Waals surface area contributed by atoms with E-state index in [2.05, 4.69) is 10.2 Å². The van der Waals surface area contributed by atoms with Crippen LogP contribution in [-0.2, 0) is 16.4 Å². The minimum Gasteiger partial charge on any atom is -0.494 e. The summed E-state index contributed by atoms with van der Waals surface area (Å²) in [4.78, 5) is 11.1. The van der Waals surface area contributed by atoms with E-state index in [4.69, 9.17) is 25.5 Å². The monoisotopic (exact) mass is 603 g/mol. The number of H-pyrrole nitrogens is 1. The number of methoxy groups -OCH3 is 1. The van der Waals surface area contributed by atoms with Crippen LogP contribution in [-0.4, -0.2) is 38.4 Å². The van der Waals surface area contributed by atoms with Crippen LogP contribution in [0.3, 0.4) is 0 Å². The number of benzene rings is 3. The molecule has 0 bridgehead atoms. The number of aromatic nitrogens is 2. The fraction of sp³-hybridized carbons (Fsp3) is 0.214. The Bertz CT molecular complexity index is 1780. The van der Waals surface area contributed by atoms with Crippen molar-refractivity contribution in [3.05, 3.63) is 98.8 Å². The van der Waals surface area contributed by atoms with Gasteiger partial charge in [-0.05, 0) is 60.9 Å². The van der Waals surface area contributed by atoms with Crippen molar-refractivity contribution in [1.29, 1.82) is 0 Å². The van der Waals surface area contributed by atoms with Gasteiger partial charge in [0, 0.05) is 18.1 Å². The van der Waals surface area contributed by atoms with E-state index in [9.17, 15) is 22.0 Å². The number of rotatable bonds is 8. The number of nitrogens with zero attached hydrogens (tertiary/aromatic N) is 2. The van der Waals surface area contributed by atoms with E-state index >= 15 is 0 Å². The molecular formula is C28H24ClF2N3O6S. The normalized spacial score (nSPS) is 15.4. The number of hydrogen-bond acceptors (Lipinski definition) is 7. The van der Waals surface area contributed by atoms with E-state index in [1.54, 1.807) is 37.3 Å². The third kappa shape index (κ3) is 5.84. The van der Waals surface area contributed by atoms with Crippen LogP contribution in [0, 0.1) is 11.6 Å². The zero-order chi connectivity index (χ0) is 29.3. The van der Waals surface area contributed by atoms with E-state index < -0.39 is 33.5 Å². The van der Waals surface area contributed by atoms with E-state index in [-0.39, 0.29) is 57.9 Å². The molecule has 214 valence electrons. The van der Waals surface area contributed by atoms with Crippen LogP contribution in [0.15, 0.2) is 68.7 Å². The first-order valence-electron chi connectivity index (χ1n) is 12.4. The Kier molecular flexibility index (Phi) is 7.87. The molecule has 5 rings (SSSR count). The molecule has 0 radical (unpaired) electrons. The lowest BCUT2D eigenvalue weighted by Crippen LogP contribution is -2.43. The van der Waals surface area contributed by atoms with Gasteiger partial charge in [-0.2, -0.15) is 0 Å². The topological polar surface area (TPSA) is 115 Å². The molecule has 0 amide bonds. The highest BCUT2D eigenvalue weighted by molar-refractivity contribution is 7.92. The highest BCUT2D eigenvalue weighted by atomic mass is 35.5. The number of ether oxygens (including phenoxy) is 2. The van der Waals surface area contributed by atoms with E-state index in [0.29, 0.717) is 11.1 Å². The molecule has 0 saturated carbocycles. The lowest BCUT2D eigenvalue weighted by Gasteiger charge is -2.35. The fourth-order valence-electron chi connectivity index (χ4n) is 4.57. The van der Waals surface area contributed by atoms with Crippen molar-refractivity contribution in [1.82, 2.24) is 10.2 Å². The smallest absolute Gasteiger partial charge is 0.434 e. The molecule has 0 unspecified atom stereocenters. The Hall–Kier alpha value is -4.16. The van der Waals surface area contributed by atoms with E-state index in [0.717, 1.165) is 18.2 Å². The summed E-state index contributed by atoms with van der Waals surface area (Å²) >= 11 is 6.23. The predicted octanol–water partition coefficient (Wildman–Crippen LogP) is 5.45. The van der Waals surface area contributed by atoms with Crippen LogP contribution >= 0.6 is 11.6 Å². The van der Waals surface area contributed by atoms with Gasteiger partial charge in [0.1, 0.15) is 17.7 Å². The number of nitrogens with one attached hydrogen (secondary N) is 1. The molecule has 9 nitrogen and oxygen atoms in total. The van der Waals surface area contributed by atoms with Crippen LogP contribution in [0.25, 0.3) is 11.6 Å². The maximum atomic E-state index is 14.5. The summed E-state index contributed by atoms with van der Waals surface area (Å²) in [6.45, 7) is 1.60. The number of halogens is 3. The Balaban J connectivity index is 1.55. The number of aryl methyl sites for hydroxylation is 1. The van der Waals surface area contributed by atoms with Crippen LogP contribution in [0.4, 0.5) is 14.5 Å². The minimum absolute atomic E-state index is 0.102. The van der Waals surface area contributed by atoms with Gasteiger partial charge in [0.15, 0.2) is 11.6 Å². The van der Waals surface area contributed by atoms with Gasteiger partial charge in [-0.3, -0.25) is 4.31 Å². The van der Waals surface area contributed by atoms with E-state index in [1.807, 2.05) is 0 Å².